The van der Waals surface area contributed by atoms with E-state index in [1.165, 1.54) is 0 Å². The second kappa shape index (κ2) is 12.4. The molecular weight excluding hydrogens is 756 g/mol. The highest BCUT2D eigenvalue weighted by Crippen LogP contribution is 2.58. The molecule has 4 aromatic rings. The molecule has 0 bridgehead atoms. The minimum Gasteiger partial charge on any atom is -0.515 e. The van der Waals surface area contributed by atoms with Gasteiger partial charge in [-0.05, 0) is 0 Å². The molecule has 1 aliphatic carbocycles. The summed E-state index contributed by atoms with van der Waals surface area (Å²) >= 11 is 0. The van der Waals surface area contributed by atoms with Gasteiger partial charge >= 0.3 is 0 Å². The Kier molecular flexibility index (Phi) is 8.92. The van der Waals surface area contributed by atoms with Crippen molar-refractivity contribution in [1.82, 2.24) is 0 Å². The number of allylic oxidation sites excluding steroid dienone is 5. The fourth-order valence-electron chi connectivity index (χ4n) is 5.09. The van der Waals surface area contributed by atoms with E-state index in [9.17, 15) is 57.8 Å². The molecule has 0 saturated heterocycles. The van der Waals surface area contributed by atoms with Crippen LogP contribution in [0.3, 0.4) is 0 Å². The molecule has 0 amide bonds. The van der Waals surface area contributed by atoms with Crippen LogP contribution < -0.4 is 0 Å². The number of aliphatic hydroxyl groups excluding tert-OH is 1. The van der Waals surface area contributed by atoms with Crippen molar-refractivity contribution >= 4 is 22.3 Å². The van der Waals surface area contributed by atoms with E-state index < -0.39 is 173 Å². The van der Waals surface area contributed by atoms with E-state index in [0.29, 0.717) is 0 Å². The molecule has 1 nitrogen and oxygen atoms in total. The zero-order valence-electron chi connectivity index (χ0n) is 23.1. The lowest BCUT2D eigenvalue weighted by Crippen LogP contribution is -2.12. The van der Waals surface area contributed by atoms with Crippen LogP contribution in [0.25, 0.3) is 22.3 Å². The lowest BCUT2D eigenvalue weighted by Gasteiger charge is -2.18. The Morgan fingerprint density at radius 1 is 0.216 bits per heavy atom. The predicted octanol–water partition coefficient (Wildman–Crippen LogP) is 10.4. The van der Waals surface area contributed by atoms with Gasteiger partial charge in [-0.15, -0.1) is 0 Å². The number of rotatable bonds is 4. The number of aliphatic hydroxyl groups is 1. The van der Waals surface area contributed by atoms with Gasteiger partial charge in [0, 0.05) is 27.9 Å². The summed E-state index contributed by atoms with van der Waals surface area (Å²) in [5, 5.41) is 10.1. The molecule has 1 N–H and O–H groups in total. The highest BCUT2D eigenvalue weighted by Gasteiger charge is 2.46. The largest absolute Gasteiger partial charge is 0.515 e. The first kappa shape index (κ1) is 36.8. The van der Waals surface area contributed by atoms with Gasteiger partial charge in [-0.25, -0.2) is 87.8 Å². The van der Waals surface area contributed by atoms with Crippen LogP contribution in [0.5, 0.6) is 0 Å². The quantitative estimate of drug-likeness (QED) is 0.0951. The normalized spacial score (nSPS) is 13.4. The predicted molar refractivity (Wildman–Crippen MR) is 129 cm³/mol. The minimum absolute atomic E-state index is 0.911. The smallest absolute Gasteiger partial charge is 0.200 e. The summed E-state index contributed by atoms with van der Waals surface area (Å²) < 4.78 is 295. The molecule has 4 aromatic carbocycles. The third kappa shape index (κ3) is 4.87. The molecule has 21 heteroatoms. The van der Waals surface area contributed by atoms with Crippen LogP contribution in [0.2, 0.25) is 0 Å². The number of benzene rings is 4. The molecular formula is C30H2F20O. The highest BCUT2D eigenvalue weighted by molar-refractivity contribution is 6.34. The summed E-state index contributed by atoms with van der Waals surface area (Å²) in [5.74, 6) is -63.6. The highest BCUT2D eigenvalue weighted by atomic mass is 19.2. The molecule has 0 spiro atoms. The Labute approximate surface area is 266 Å². The van der Waals surface area contributed by atoms with Crippen molar-refractivity contribution < 1.29 is 92.9 Å². The van der Waals surface area contributed by atoms with Crippen molar-refractivity contribution in [2.24, 2.45) is 0 Å². The van der Waals surface area contributed by atoms with Crippen LogP contribution >= 0.6 is 0 Å². The molecule has 1 aliphatic rings. The Balaban J connectivity index is 2.27. The maximum absolute atomic E-state index is 15.4. The number of halogens is 20. The van der Waals surface area contributed by atoms with E-state index in [0.717, 1.165) is 0 Å². The topological polar surface area (TPSA) is 20.2 Å². The summed E-state index contributed by atoms with van der Waals surface area (Å²) in [6.07, 6.45) is -0.911. The first-order chi connectivity index (χ1) is 23.7. The van der Waals surface area contributed by atoms with Crippen LogP contribution in [0.1, 0.15) is 22.3 Å². The fourth-order valence-corrected chi connectivity index (χ4v) is 5.09. The molecule has 0 aromatic heterocycles. The molecule has 51 heavy (non-hydrogen) atoms. The maximum atomic E-state index is 15.4. The molecule has 0 heterocycles. The van der Waals surface area contributed by atoms with Gasteiger partial charge in [-0.1, -0.05) is 0 Å². The molecule has 0 radical (unpaired) electrons. The van der Waals surface area contributed by atoms with Gasteiger partial charge < -0.3 is 5.11 Å². The van der Waals surface area contributed by atoms with Crippen molar-refractivity contribution in [2.75, 3.05) is 0 Å². The van der Waals surface area contributed by atoms with Crippen LogP contribution in [0, 0.1) is 116 Å². The van der Waals surface area contributed by atoms with Crippen molar-refractivity contribution in [2.45, 2.75) is 0 Å². The van der Waals surface area contributed by atoms with Gasteiger partial charge in [0.25, 0.3) is 0 Å². The zero-order valence-corrected chi connectivity index (χ0v) is 23.1. The molecule has 5 rings (SSSR count). The molecule has 0 unspecified atom stereocenters. The van der Waals surface area contributed by atoms with Crippen molar-refractivity contribution in [3.8, 4) is 0 Å². The van der Waals surface area contributed by atoms with Crippen LogP contribution in [-0.2, 0) is 0 Å². The monoisotopic (exact) mass is 758 g/mol. The number of hydrogen-bond donors (Lipinski definition) is 1. The van der Waals surface area contributed by atoms with E-state index in [4.69, 9.17) is 0 Å². The van der Waals surface area contributed by atoms with E-state index in [1.807, 2.05) is 0 Å². The standard InChI is InChI=1S/C30H2F20O/c31-11-7(12(32)20(40)27(47)19(11)39)3-2(1-51)4(8-13(33)21(41)28(48)22(42)14(8)34)6(10-17(37)25(45)30(50)26(46)18(10)38)5(3)9-15(35)23(43)29(49)24(44)16(9)36/h1,51H. The Morgan fingerprint density at radius 2 is 0.353 bits per heavy atom. The van der Waals surface area contributed by atoms with Gasteiger partial charge in [0.1, 0.15) is 0 Å². The second-order valence-corrected chi connectivity index (χ2v) is 9.82. The summed E-state index contributed by atoms with van der Waals surface area (Å²) in [6, 6.07) is 0. The second-order valence-electron chi connectivity index (χ2n) is 9.82. The molecule has 0 saturated carbocycles. The number of hydrogen-bond acceptors (Lipinski definition) is 1. The van der Waals surface area contributed by atoms with Crippen molar-refractivity contribution in [3.63, 3.8) is 0 Å². The summed E-state index contributed by atoms with van der Waals surface area (Å²) in [6.45, 7) is 0. The first-order valence-corrected chi connectivity index (χ1v) is 12.6. The Morgan fingerprint density at radius 3 is 0.510 bits per heavy atom. The van der Waals surface area contributed by atoms with Crippen LogP contribution in [0.15, 0.2) is 11.8 Å². The van der Waals surface area contributed by atoms with Crippen LogP contribution in [-0.4, -0.2) is 5.11 Å². The van der Waals surface area contributed by atoms with Gasteiger partial charge in [-0.3, -0.25) is 0 Å². The zero-order chi connectivity index (χ0) is 38.5. The fraction of sp³-hybridized carbons (Fsp3) is 0. The van der Waals surface area contributed by atoms with Gasteiger partial charge in [-0.2, -0.15) is 0 Å². The molecule has 0 aliphatic heterocycles. The maximum Gasteiger partial charge on any atom is 0.200 e. The van der Waals surface area contributed by atoms with Gasteiger partial charge in [0.05, 0.1) is 28.5 Å². The molecule has 0 fully saturated rings. The average Bonchev–Trinajstić information content (AvgIpc) is 3.41. The van der Waals surface area contributed by atoms with E-state index >= 15 is 35.1 Å². The lowest BCUT2D eigenvalue weighted by molar-refractivity contribution is 0.375. The average molecular weight is 758 g/mol. The van der Waals surface area contributed by atoms with Crippen molar-refractivity contribution in [3.05, 3.63) is 150 Å². The van der Waals surface area contributed by atoms with E-state index in [-0.39, 0.29) is 0 Å². The minimum atomic E-state index is -3.25. The Hall–Kier alpha value is -5.50. The summed E-state index contributed by atoms with van der Waals surface area (Å²) in [7, 11) is 0. The molecule has 268 valence electrons. The third-order valence-corrected chi connectivity index (χ3v) is 7.26. The lowest BCUT2D eigenvalue weighted by atomic mass is 9.87. The first-order valence-electron chi connectivity index (χ1n) is 12.6. The van der Waals surface area contributed by atoms with Gasteiger partial charge in [0.15, 0.2) is 93.1 Å². The summed E-state index contributed by atoms with van der Waals surface area (Å²) in [4.78, 5) is 0. The van der Waals surface area contributed by atoms with Crippen molar-refractivity contribution in [1.29, 1.82) is 0 Å². The third-order valence-electron chi connectivity index (χ3n) is 7.26. The SMILES string of the molecule is OC=C1C(c2c(F)c(F)c(F)c(F)c2F)=C(c2c(F)c(F)c(F)c(F)c2F)C(c2c(F)c(F)c(F)c(F)c2F)=C1c1c(F)c(F)c(F)c(F)c1F. The summed E-state index contributed by atoms with van der Waals surface area (Å²) in [5.41, 5.74) is -24.0. The van der Waals surface area contributed by atoms with E-state index in [2.05, 4.69) is 0 Å². The van der Waals surface area contributed by atoms with Crippen LogP contribution in [0.4, 0.5) is 87.8 Å². The molecule has 0 atom stereocenters. The van der Waals surface area contributed by atoms with E-state index in [1.54, 1.807) is 0 Å². The Bertz CT molecular complexity index is 2090. The van der Waals surface area contributed by atoms with Gasteiger partial charge in [0.2, 0.25) is 23.3 Å².